The van der Waals surface area contributed by atoms with E-state index in [9.17, 15) is 0 Å². The van der Waals surface area contributed by atoms with Crippen LogP contribution in [-0.4, -0.2) is 25.1 Å². The van der Waals surface area contributed by atoms with E-state index in [0.717, 1.165) is 12.3 Å². The van der Waals surface area contributed by atoms with Crippen LogP contribution in [0.3, 0.4) is 0 Å². The van der Waals surface area contributed by atoms with Gasteiger partial charge in [-0.3, -0.25) is 4.99 Å². The quantitative estimate of drug-likeness (QED) is 0.772. The number of aliphatic imine (C=N–C) groups is 1. The molecule has 0 amide bonds. The van der Waals surface area contributed by atoms with Crippen molar-refractivity contribution in [2.45, 2.75) is 12.5 Å². The maximum atomic E-state index is 5.54. The van der Waals surface area contributed by atoms with Crippen LogP contribution in [0.15, 0.2) is 35.3 Å². The van der Waals surface area contributed by atoms with Gasteiger partial charge in [-0.25, -0.2) is 0 Å². The first-order valence-electron chi connectivity index (χ1n) is 4.82. The normalized spacial score (nSPS) is 20.4. The molecule has 1 atom stereocenters. The maximum Gasteiger partial charge on any atom is 0.188 e. The highest BCUT2D eigenvalue weighted by Crippen LogP contribution is 2.08. The highest BCUT2D eigenvalue weighted by Gasteiger charge is 2.17. The van der Waals surface area contributed by atoms with Gasteiger partial charge in [0.1, 0.15) is 6.10 Å². The molecule has 1 heterocycles. The zero-order valence-corrected chi connectivity index (χ0v) is 8.02. The Bertz CT molecular complexity index is 321. The third kappa shape index (κ3) is 2.12. The Labute approximate surface area is 83.6 Å². The van der Waals surface area contributed by atoms with Gasteiger partial charge in [0.15, 0.2) is 5.90 Å². The van der Waals surface area contributed by atoms with Crippen LogP contribution >= 0.6 is 0 Å². The molecule has 0 spiro atoms. The fraction of sp³-hybridized carbons (Fsp3) is 0.364. The topological polar surface area (TPSA) is 47.6 Å². The minimum absolute atomic E-state index is 0.0914. The molecule has 1 aliphatic rings. The summed E-state index contributed by atoms with van der Waals surface area (Å²) in [5.74, 6) is 0.812. The fourth-order valence-corrected chi connectivity index (χ4v) is 1.46. The Hall–Kier alpha value is -1.35. The third-order valence-electron chi connectivity index (χ3n) is 2.24. The summed E-state index contributed by atoms with van der Waals surface area (Å²) in [5.41, 5.74) is 6.72. The first-order valence-corrected chi connectivity index (χ1v) is 4.82. The Morgan fingerprint density at radius 3 is 2.79 bits per heavy atom. The number of ether oxygens (including phenoxy) is 1. The largest absolute Gasteiger partial charge is 0.474 e. The van der Waals surface area contributed by atoms with Crippen molar-refractivity contribution in [2.75, 3.05) is 13.1 Å². The molecule has 0 bridgehead atoms. The van der Waals surface area contributed by atoms with Gasteiger partial charge in [0.2, 0.25) is 0 Å². The second kappa shape index (κ2) is 4.24. The SMILES string of the molecule is NCC1CN=C(Cc2ccccc2)O1. The number of hydrogen-bond donors (Lipinski definition) is 1. The van der Waals surface area contributed by atoms with Gasteiger partial charge in [0.05, 0.1) is 6.54 Å². The first kappa shape index (κ1) is 9.21. The van der Waals surface area contributed by atoms with E-state index in [1.54, 1.807) is 0 Å². The van der Waals surface area contributed by atoms with Crippen LogP contribution < -0.4 is 5.73 Å². The Morgan fingerprint density at radius 2 is 2.14 bits per heavy atom. The molecule has 0 aliphatic carbocycles. The summed E-state index contributed by atoms with van der Waals surface area (Å²) in [6, 6.07) is 10.2. The van der Waals surface area contributed by atoms with Gasteiger partial charge in [0.25, 0.3) is 0 Å². The van der Waals surface area contributed by atoms with E-state index in [2.05, 4.69) is 17.1 Å². The zero-order chi connectivity index (χ0) is 9.80. The molecule has 0 fully saturated rings. The fourth-order valence-electron chi connectivity index (χ4n) is 1.46. The standard InChI is InChI=1S/C11H14N2O/c12-7-10-8-13-11(14-10)6-9-4-2-1-3-5-9/h1-5,10H,6-8,12H2. The predicted molar refractivity (Wildman–Crippen MR) is 56.4 cm³/mol. The summed E-state index contributed by atoms with van der Waals surface area (Å²) < 4.78 is 5.54. The molecule has 2 rings (SSSR count). The summed E-state index contributed by atoms with van der Waals surface area (Å²) in [6.45, 7) is 1.25. The van der Waals surface area contributed by atoms with Crippen molar-refractivity contribution in [3.8, 4) is 0 Å². The minimum atomic E-state index is 0.0914. The van der Waals surface area contributed by atoms with Gasteiger partial charge >= 0.3 is 0 Å². The van der Waals surface area contributed by atoms with Gasteiger partial charge in [-0.15, -0.1) is 0 Å². The van der Waals surface area contributed by atoms with Gasteiger partial charge in [-0.2, -0.15) is 0 Å². The average Bonchev–Trinajstić information content (AvgIpc) is 2.67. The van der Waals surface area contributed by atoms with E-state index in [0.29, 0.717) is 13.1 Å². The molecule has 74 valence electrons. The Kier molecular flexibility index (Phi) is 2.79. The van der Waals surface area contributed by atoms with Gasteiger partial charge in [0, 0.05) is 13.0 Å². The number of benzene rings is 1. The monoisotopic (exact) mass is 190 g/mol. The van der Waals surface area contributed by atoms with Crippen molar-refractivity contribution in [1.82, 2.24) is 0 Å². The molecule has 14 heavy (non-hydrogen) atoms. The van der Waals surface area contributed by atoms with Crippen molar-refractivity contribution in [1.29, 1.82) is 0 Å². The summed E-state index contributed by atoms with van der Waals surface area (Å²) >= 11 is 0. The van der Waals surface area contributed by atoms with Crippen LogP contribution in [-0.2, 0) is 11.2 Å². The van der Waals surface area contributed by atoms with Crippen molar-refractivity contribution in [2.24, 2.45) is 10.7 Å². The van der Waals surface area contributed by atoms with Crippen molar-refractivity contribution < 1.29 is 4.74 Å². The highest BCUT2D eigenvalue weighted by atomic mass is 16.5. The van der Waals surface area contributed by atoms with Crippen LogP contribution in [0.25, 0.3) is 0 Å². The van der Waals surface area contributed by atoms with Crippen LogP contribution in [0, 0.1) is 0 Å². The summed E-state index contributed by atoms with van der Waals surface area (Å²) in [4.78, 5) is 4.30. The number of hydrogen-bond acceptors (Lipinski definition) is 3. The summed E-state index contributed by atoms with van der Waals surface area (Å²) in [5, 5.41) is 0. The molecule has 1 aromatic rings. The summed E-state index contributed by atoms with van der Waals surface area (Å²) in [6.07, 6.45) is 0.867. The molecule has 3 heteroatoms. The van der Waals surface area contributed by atoms with Gasteiger partial charge < -0.3 is 10.5 Å². The molecule has 1 unspecified atom stereocenters. The van der Waals surface area contributed by atoms with Crippen LogP contribution in [0.4, 0.5) is 0 Å². The smallest absolute Gasteiger partial charge is 0.188 e. The Balaban J connectivity index is 1.94. The molecule has 2 N–H and O–H groups in total. The minimum Gasteiger partial charge on any atom is -0.474 e. The molecule has 0 saturated carbocycles. The number of nitrogens with zero attached hydrogens (tertiary/aromatic N) is 1. The van der Waals surface area contributed by atoms with Crippen molar-refractivity contribution >= 4 is 5.90 Å². The molecule has 0 radical (unpaired) electrons. The van der Waals surface area contributed by atoms with E-state index in [1.807, 2.05) is 18.2 Å². The molecule has 1 aliphatic heterocycles. The second-order valence-corrected chi connectivity index (χ2v) is 3.37. The van der Waals surface area contributed by atoms with E-state index < -0.39 is 0 Å². The lowest BCUT2D eigenvalue weighted by Gasteiger charge is -2.07. The van der Waals surface area contributed by atoms with Crippen LogP contribution in [0.1, 0.15) is 5.56 Å². The maximum absolute atomic E-state index is 5.54. The molecule has 0 aromatic heterocycles. The molecular weight excluding hydrogens is 176 g/mol. The predicted octanol–water partition coefficient (Wildman–Crippen LogP) is 0.985. The number of rotatable bonds is 3. The van der Waals surface area contributed by atoms with Gasteiger partial charge in [-0.05, 0) is 5.56 Å². The number of nitrogens with two attached hydrogens (primary N) is 1. The van der Waals surface area contributed by atoms with E-state index >= 15 is 0 Å². The molecule has 3 nitrogen and oxygen atoms in total. The van der Waals surface area contributed by atoms with E-state index in [4.69, 9.17) is 10.5 Å². The lowest BCUT2D eigenvalue weighted by atomic mass is 10.1. The molecule has 1 aromatic carbocycles. The lowest BCUT2D eigenvalue weighted by Crippen LogP contribution is -2.24. The molecular formula is C11H14N2O. The zero-order valence-electron chi connectivity index (χ0n) is 8.02. The van der Waals surface area contributed by atoms with Crippen LogP contribution in [0.2, 0.25) is 0 Å². The third-order valence-corrected chi connectivity index (χ3v) is 2.24. The second-order valence-electron chi connectivity index (χ2n) is 3.37. The van der Waals surface area contributed by atoms with Crippen molar-refractivity contribution in [3.05, 3.63) is 35.9 Å². The first-order chi connectivity index (χ1) is 6.88. The van der Waals surface area contributed by atoms with E-state index in [1.165, 1.54) is 5.56 Å². The lowest BCUT2D eigenvalue weighted by molar-refractivity contribution is 0.228. The summed E-state index contributed by atoms with van der Waals surface area (Å²) in [7, 11) is 0. The van der Waals surface area contributed by atoms with Crippen molar-refractivity contribution in [3.63, 3.8) is 0 Å². The van der Waals surface area contributed by atoms with E-state index in [-0.39, 0.29) is 6.10 Å². The highest BCUT2D eigenvalue weighted by molar-refractivity contribution is 5.80. The molecule has 0 saturated heterocycles. The van der Waals surface area contributed by atoms with Crippen LogP contribution in [0.5, 0.6) is 0 Å². The Morgan fingerprint density at radius 1 is 1.36 bits per heavy atom. The average molecular weight is 190 g/mol. The van der Waals surface area contributed by atoms with Gasteiger partial charge in [-0.1, -0.05) is 30.3 Å².